The molecule has 0 radical (unpaired) electrons. The molecule has 26 heavy (non-hydrogen) atoms. The third-order valence-corrected chi connectivity index (χ3v) is 7.08. The molecular formula is C15H18ClN5O3S2. The van der Waals surface area contributed by atoms with Gasteiger partial charge in [0.15, 0.2) is 9.84 Å². The van der Waals surface area contributed by atoms with E-state index in [0.717, 1.165) is 10.7 Å². The second-order valence-corrected chi connectivity index (χ2v) is 9.67. The third kappa shape index (κ3) is 4.30. The van der Waals surface area contributed by atoms with E-state index in [4.69, 9.17) is 11.6 Å². The molecule has 8 nitrogen and oxygen atoms in total. The Labute approximate surface area is 160 Å². The second kappa shape index (κ2) is 7.45. The maximum atomic E-state index is 11.9. The summed E-state index contributed by atoms with van der Waals surface area (Å²) < 4.78 is 24.8. The number of halogens is 1. The molecule has 1 aliphatic heterocycles. The molecule has 0 saturated carbocycles. The molecule has 11 heteroatoms. The Morgan fingerprint density at radius 3 is 2.92 bits per heavy atom. The molecule has 1 amide bonds. The second-order valence-electron chi connectivity index (χ2n) is 6.14. The monoisotopic (exact) mass is 415 g/mol. The molecule has 1 aliphatic rings. The quantitative estimate of drug-likeness (QED) is 0.590. The number of aromatic nitrogens is 3. The Balaban J connectivity index is 1.66. The molecule has 140 valence electrons. The van der Waals surface area contributed by atoms with Gasteiger partial charge in [0.1, 0.15) is 10.2 Å². The van der Waals surface area contributed by atoms with Gasteiger partial charge in [-0.15, -0.1) is 11.3 Å². The molecule has 0 aliphatic carbocycles. The van der Waals surface area contributed by atoms with E-state index in [1.165, 1.54) is 22.2 Å². The molecule has 0 aromatic carbocycles. The fourth-order valence-corrected chi connectivity index (χ4v) is 5.54. The number of carbonyl (C=O) groups is 1. The number of sulfone groups is 1. The minimum atomic E-state index is -3.04. The molecule has 0 unspecified atom stereocenters. The molecule has 0 bridgehead atoms. The van der Waals surface area contributed by atoms with Crippen molar-refractivity contribution in [2.45, 2.75) is 32.7 Å². The third-order valence-electron chi connectivity index (χ3n) is 3.99. The highest BCUT2D eigenvalue weighted by atomic mass is 35.5. The average molecular weight is 416 g/mol. The van der Waals surface area contributed by atoms with Gasteiger partial charge < -0.3 is 0 Å². The van der Waals surface area contributed by atoms with Crippen LogP contribution in [0.5, 0.6) is 0 Å². The van der Waals surface area contributed by atoms with Crippen LogP contribution in [0.15, 0.2) is 10.5 Å². The van der Waals surface area contributed by atoms with Crippen molar-refractivity contribution in [3.63, 3.8) is 0 Å². The van der Waals surface area contributed by atoms with Crippen LogP contribution in [-0.2, 0) is 21.1 Å². The number of hydrogen-bond donors (Lipinski definition) is 1. The lowest BCUT2D eigenvalue weighted by atomic mass is 10.2. The van der Waals surface area contributed by atoms with E-state index >= 15 is 0 Å². The number of amides is 1. The Morgan fingerprint density at radius 1 is 1.54 bits per heavy atom. The highest BCUT2D eigenvalue weighted by Gasteiger charge is 2.31. The van der Waals surface area contributed by atoms with Crippen molar-refractivity contribution in [3.05, 3.63) is 32.5 Å². The molecule has 1 saturated heterocycles. The predicted octanol–water partition coefficient (Wildman–Crippen LogP) is 1.66. The van der Waals surface area contributed by atoms with Crippen molar-refractivity contribution in [1.82, 2.24) is 20.2 Å². The van der Waals surface area contributed by atoms with Crippen LogP contribution in [-0.4, -0.2) is 46.8 Å². The first-order valence-corrected chi connectivity index (χ1v) is 11.0. The minimum Gasteiger partial charge on any atom is -0.273 e. The number of hydrazone groups is 1. The molecule has 2 aromatic heterocycles. The van der Waals surface area contributed by atoms with Crippen LogP contribution in [0, 0.1) is 13.8 Å². The summed E-state index contributed by atoms with van der Waals surface area (Å²) in [5, 5.41) is 11.2. The van der Waals surface area contributed by atoms with Gasteiger partial charge in [0.05, 0.1) is 41.4 Å². The lowest BCUT2D eigenvalue weighted by Gasteiger charge is -2.09. The van der Waals surface area contributed by atoms with Crippen LogP contribution in [0.3, 0.4) is 0 Å². The van der Waals surface area contributed by atoms with Crippen LogP contribution < -0.4 is 5.43 Å². The maximum Gasteiger partial charge on any atom is 0.246 e. The number of carbonyl (C=O) groups excluding carboxylic acids is 1. The van der Waals surface area contributed by atoms with Gasteiger partial charge in [-0.1, -0.05) is 11.6 Å². The topological polar surface area (TPSA) is 106 Å². The minimum absolute atomic E-state index is 0.0361. The number of thiazole rings is 1. The summed E-state index contributed by atoms with van der Waals surface area (Å²) in [5.74, 6) is -0.101. The molecule has 3 heterocycles. The van der Waals surface area contributed by atoms with E-state index in [0.29, 0.717) is 22.8 Å². The summed E-state index contributed by atoms with van der Waals surface area (Å²) in [7, 11) is -3.04. The zero-order valence-corrected chi connectivity index (χ0v) is 16.7. The van der Waals surface area contributed by atoms with Crippen molar-refractivity contribution in [1.29, 1.82) is 0 Å². The lowest BCUT2D eigenvalue weighted by Crippen LogP contribution is -2.19. The Morgan fingerprint density at radius 2 is 2.31 bits per heavy atom. The number of hydrogen-bond acceptors (Lipinski definition) is 7. The van der Waals surface area contributed by atoms with Gasteiger partial charge >= 0.3 is 0 Å². The summed E-state index contributed by atoms with van der Waals surface area (Å²) >= 11 is 7.77. The Kier molecular flexibility index (Phi) is 5.44. The zero-order valence-electron chi connectivity index (χ0n) is 14.3. The molecule has 0 spiro atoms. The Bertz CT molecular complexity index is 964. The van der Waals surface area contributed by atoms with Gasteiger partial charge in [0.25, 0.3) is 0 Å². The van der Waals surface area contributed by atoms with Gasteiger partial charge in [-0.05, 0) is 20.3 Å². The zero-order chi connectivity index (χ0) is 18.9. The molecule has 1 fully saturated rings. The SMILES string of the molecule is Cc1csc(CC(=O)N/N=C\c2c(C)nn([C@H]3CCS(=O)(=O)C3)c2Cl)n1. The van der Waals surface area contributed by atoms with Crippen molar-refractivity contribution in [2.75, 3.05) is 11.5 Å². The first-order chi connectivity index (χ1) is 12.2. The summed E-state index contributed by atoms with van der Waals surface area (Å²) in [5.41, 5.74) is 4.50. The fourth-order valence-electron chi connectivity index (χ4n) is 2.72. The first-order valence-electron chi connectivity index (χ1n) is 7.93. The number of rotatable bonds is 5. The number of nitrogens with zero attached hydrogens (tertiary/aromatic N) is 4. The van der Waals surface area contributed by atoms with E-state index in [1.54, 1.807) is 6.92 Å². The normalized spacial score (nSPS) is 19.3. The smallest absolute Gasteiger partial charge is 0.246 e. The van der Waals surface area contributed by atoms with Crippen molar-refractivity contribution < 1.29 is 13.2 Å². The van der Waals surface area contributed by atoms with Gasteiger partial charge in [-0.2, -0.15) is 10.2 Å². The summed E-state index contributed by atoms with van der Waals surface area (Å²) in [6.45, 7) is 3.63. The lowest BCUT2D eigenvalue weighted by molar-refractivity contribution is -0.120. The van der Waals surface area contributed by atoms with Crippen LogP contribution in [0.1, 0.15) is 34.4 Å². The average Bonchev–Trinajstić information content (AvgIpc) is 3.20. The summed E-state index contributed by atoms with van der Waals surface area (Å²) in [4.78, 5) is 16.1. The van der Waals surface area contributed by atoms with Crippen molar-refractivity contribution >= 4 is 44.9 Å². The maximum absolute atomic E-state index is 11.9. The molecule has 1 atom stereocenters. The van der Waals surface area contributed by atoms with Crippen molar-refractivity contribution in [3.8, 4) is 0 Å². The molecule has 3 rings (SSSR count). The molecule has 2 aromatic rings. The number of aryl methyl sites for hydroxylation is 2. The first kappa shape index (κ1) is 19.0. The van der Waals surface area contributed by atoms with Gasteiger partial charge in [0, 0.05) is 11.1 Å². The van der Waals surface area contributed by atoms with Gasteiger partial charge in [-0.3, -0.25) is 4.79 Å². The van der Waals surface area contributed by atoms with Gasteiger partial charge in [-0.25, -0.2) is 23.5 Å². The highest BCUT2D eigenvalue weighted by molar-refractivity contribution is 7.91. The van der Waals surface area contributed by atoms with Crippen LogP contribution >= 0.6 is 22.9 Å². The fraction of sp³-hybridized carbons (Fsp3) is 0.467. The predicted molar refractivity (Wildman–Crippen MR) is 101 cm³/mol. The Hall–Kier alpha value is -1.78. The summed E-state index contributed by atoms with van der Waals surface area (Å²) in [6, 6.07) is -0.268. The van der Waals surface area contributed by atoms with Gasteiger partial charge in [0.2, 0.25) is 5.91 Å². The van der Waals surface area contributed by atoms with E-state index in [9.17, 15) is 13.2 Å². The molecular weight excluding hydrogens is 398 g/mol. The van der Waals surface area contributed by atoms with E-state index in [-0.39, 0.29) is 29.9 Å². The van der Waals surface area contributed by atoms with E-state index in [2.05, 4.69) is 20.6 Å². The van der Waals surface area contributed by atoms with Crippen molar-refractivity contribution in [2.24, 2.45) is 5.10 Å². The molecule has 1 N–H and O–H groups in total. The van der Waals surface area contributed by atoms with Crippen LogP contribution in [0.2, 0.25) is 5.15 Å². The van der Waals surface area contributed by atoms with Crippen LogP contribution in [0.25, 0.3) is 0 Å². The van der Waals surface area contributed by atoms with Crippen LogP contribution in [0.4, 0.5) is 0 Å². The largest absolute Gasteiger partial charge is 0.273 e. The summed E-state index contributed by atoms with van der Waals surface area (Å²) in [6.07, 6.45) is 2.07. The van der Waals surface area contributed by atoms with E-state index in [1.807, 2.05) is 12.3 Å². The number of nitrogens with one attached hydrogen (secondary N) is 1. The standard InChI is InChI=1S/C15H18ClN5O3S2/c1-9-7-25-14(18-9)5-13(22)19-17-6-12-10(2)20-21(15(12)16)11-3-4-26(23,24)8-11/h6-7,11H,3-5,8H2,1-2H3,(H,19,22)/b17-6-/t11-/m0/s1. The highest BCUT2D eigenvalue weighted by Crippen LogP contribution is 2.29. The van der Waals surface area contributed by atoms with E-state index < -0.39 is 9.84 Å².